The zero-order valence-corrected chi connectivity index (χ0v) is 7.78. The van der Waals surface area contributed by atoms with Gasteiger partial charge in [-0.15, -0.1) is 0 Å². The van der Waals surface area contributed by atoms with Crippen molar-refractivity contribution in [3.05, 3.63) is 34.6 Å². The van der Waals surface area contributed by atoms with Gasteiger partial charge in [0.1, 0.15) is 0 Å². The van der Waals surface area contributed by atoms with Crippen LogP contribution < -0.4 is 0 Å². The predicted octanol–water partition coefficient (Wildman–Crippen LogP) is 1.80. The van der Waals surface area contributed by atoms with Gasteiger partial charge >= 0.3 is 0 Å². The van der Waals surface area contributed by atoms with Crippen LogP contribution in [0.4, 0.5) is 22.0 Å². The van der Waals surface area contributed by atoms with Gasteiger partial charge in [-0.1, -0.05) is 0 Å². The molecule has 1 rings (SSSR count). The summed E-state index contributed by atoms with van der Waals surface area (Å²) in [6, 6.07) is 0. The van der Waals surface area contributed by atoms with Crippen LogP contribution in [-0.4, -0.2) is 16.8 Å². The molecule has 0 spiro atoms. The molecule has 0 bridgehead atoms. The molecule has 0 amide bonds. The van der Waals surface area contributed by atoms with E-state index in [0.29, 0.717) is 0 Å². The Hall–Kier alpha value is -1.21. The molecule has 2 nitrogen and oxygen atoms in total. The van der Waals surface area contributed by atoms with Crippen molar-refractivity contribution in [2.45, 2.75) is 12.5 Å². The van der Waals surface area contributed by atoms with Crippen molar-refractivity contribution >= 4 is 0 Å². The van der Waals surface area contributed by atoms with E-state index in [1.807, 2.05) is 0 Å². The molecule has 0 saturated heterocycles. The normalized spacial score (nSPS) is 12.9. The first kappa shape index (κ1) is 12.9. The quantitative estimate of drug-likeness (QED) is 0.482. The van der Waals surface area contributed by atoms with Crippen LogP contribution in [0.5, 0.6) is 0 Å². The highest BCUT2D eigenvalue weighted by Crippen LogP contribution is 2.28. The Balaban J connectivity index is 3.39. The van der Waals surface area contributed by atoms with Crippen molar-refractivity contribution < 1.29 is 32.2 Å². The third-order valence-corrected chi connectivity index (χ3v) is 1.98. The van der Waals surface area contributed by atoms with Gasteiger partial charge in [-0.2, -0.15) is 0 Å². The third-order valence-electron chi connectivity index (χ3n) is 1.98. The summed E-state index contributed by atoms with van der Waals surface area (Å²) in [5.74, 6) is -10.7. The van der Waals surface area contributed by atoms with Gasteiger partial charge in [0.15, 0.2) is 23.3 Å². The van der Waals surface area contributed by atoms with Crippen molar-refractivity contribution in [3.63, 3.8) is 0 Å². The number of rotatable bonds is 3. The van der Waals surface area contributed by atoms with Crippen LogP contribution in [0.1, 0.15) is 18.1 Å². The molecule has 0 fully saturated rings. The van der Waals surface area contributed by atoms with Crippen LogP contribution in [0.3, 0.4) is 0 Å². The molecule has 1 aromatic carbocycles. The molecule has 1 atom stereocenters. The number of hydrogen-bond donors (Lipinski definition) is 2. The van der Waals surface area contributed by atoms with Gasteiger partial charge in [0.05, 0.1) is 11.7 Å². The van der Waals surface area contributed by atoms with E-state index in [0.717, 1.165) is 0 Å². The summed E-state index contributed by atoms with van der Waals surface area (Å²) >= 11 is 0. The summed E-state index contributed by atoms with van der Waals surface area (Å²) in [6.07, 6.45) is -2.48. The molecule has 16 heavy (non-hydrogen) atoms. The van der Waals surface area contributed by atoms with Crippen molar-refractivity contribution in [3.8, 4) is 0 Å². The molecule has 0 heterocycles. The molecule has 0 radical (unpaired) electrons. The maximum Gasteiger partial charge on any atom is 0.200 e. The summed E-state index contributed by atoms with van der Waals surface area (Å²) in [7, 11) is 0. The van der Waals surface area contributed by atoms with Crippen LogP contribution >= 0.6 is 0 Å². The Morgan fingerprint density at radius 1 is 0.812 bits per heavy atom. The van der Waals surface area contributed by atoms with Crippen LogP contribution in [-0.2, 0) is 0 Å². The largest absolute Gasteiger partial charge is 0.396 e. The summed E-state index contributed by atoms with van der Waals surface area (Å²) in [5.41, 5.74) is -1.33. The molecular formula is C9H7F5O2. The highest BCUT2D eigenvalue weighted by molar-refractivity contribution is 5.25. The fraction of sp³-hybridized carbons (Fsp3) is 0.333. The van der Waals surface area contributed by atoms with Crippen molar-refractivity contribution in [1.29, 1.82) is 0 Å². The number of halogens is 5. The second-order valence-corrected chi connectivity index (χ2v) is 3.01. The number of hydrogen-bond acceptors (Lipinski definition) is 2. The van der Waals surface area contributed by atoms with Gasteiger partial charge in [0, 0.05) is 13.0 Å². The highest BCUT2D eigenvalue weighted by atomic mass is 19.2. The van der Waals surface area contributed by atoms with Crippen LogP contribution in [0, 0.1) is 29.1 Å². The molecular weight excluding hydrogens is 235 g/mol. The Morgan fingerprint density at radius 2 is 1.19 bits per heavy atom. The topological polar surface area (TPSA) is 40.5 Å². The van der Waals surface area contributed by atoms with Crippen molar-refractivity contribution in [2.75, 3.05) is 6.61 Å². The maximum atomic E-state index is 13.0. The minimum atomic E-state index is -2.28. The average Bonchev–Trinajstić information content (AvgIpc) is 2.24. The van der Waals surface area contributed by atoms with Gasteiger partial charge in [-0.3, -0.25) is 0 Å². The SMILES string of the molecule is OCC[C@H](O)c1c(F)c(F)c(F)c(F)c1F. The Kier molecular flexibility index (Phi) is 3.82. The van der Waals surface area contributed by atoms with Crippen molar-refractivity contribution in [1.82, 2.24) is 0 Å². The van der Waals surface area contributed by atoms with Crippen LogP contribution in [0.15, 0.2) is 0 Å². The minimum absolute atomic E-state index is 0.529. The Labute approximate surface area is 86.9 Å². The van der Waals surface area contributed by atoms with E-state index in [9.17, 15) is 22.0 Å². The predicted molar refractivity (Wildman–Crippen MR) is 42.9 cm³/mol. The Bertz CT molecular complexity index is 378. The molecule has 2 N–H and O–H groups in total. The van der Waals surface area contributed by atoms with Crippen LogP contribution in [0.25, 0.3) is 0 Å². The fourth-order valence-electron chi connectivity index (χ4n) is 1.18. The fourth-order valence-corrected chi connectivity index (χ4v) is 1.18. The standard InChI is InChI=1S/C9H7F5O2/c10-5-4(3(16)1-2-15)6(11)8(13)9(14)7(5)12/h3,15-16H,1-2H2/t3-/m0/s1. The van der Waals surface area contributed by atoms with E-state index in [-0.39, 0.29) is 0 Å². The summed E-state index contributed by atoms with van der Waals surface area (Å²) in [5, 5.41) is 17.5. The molecule has 1 aromatic rings. The first-order chi connectivity index (χ1) is 7.41. The lowest BCUT2D eigenvalue weighted by Gasteiger charge is -2.13. The summed E-state index contributed by atoms with van der Waals surface area (Å²) in [6.45, 7) is -0.652. The molecule has 0 aliphatic heterocycles. The van der Waals surface area contributed by atoms with E-state index < -0.39 is 53.8 Å². The highest BCUT2D eigenvalue weighted by Gasteiger charge is 2.29. The van der Waals surface area contributed by atoms with Gasteiger partial charge in [-0.05, 0) is 0 Å². The second-order valence-electron chi connectivity index (χ2n) is 3.01. The summed E-state index contributed by atoms with van der Waals surface area (Å²) < 4.78 is 64.0. The number of aliphatic hydroxyl groups is 2. The monoisotopic (exact) mass is 242 g/mol. The van der Waals surface area contributed by atoms with E-state index in [1.165, 1.54) is 0 Å². The summed E-state index contributed by atoms with van der Waals surface area (Å²) in [4.78, 5) is 0. The van der Waals surface area contributed by atoms with Gasteiger partial charge in [0.25, 0.3) is 0 Å². The molecule has 0 aliphatic carbocycles. The lowest BCUT2D eigenvalue weighted by atomic mass is 10.0. The van der Waals surface area contributed by atoms with E-state index in [4.69, 9.17) is 10.2 Å². The van der Waals surface area contributed by atoms with E-state index in [1.54, 1.807) is 0 Å². The number of benzene rings is 1. The third kappa shape index (κ3) is 2.00. The van der Waals surface area contributed by atoms with Gasteiger partial charge in [0.2, 0.25) is 5.82 Å². The maximum absolute atomic E-state index is 13.0. The first-order valence-electron chi connectivity index (χ1n) is 4.22. The van der Waals surface area contributed by atoms with Crippen molar-refractivity contribution in [2.24, 2.45) is 0 Å². The zero-order chi connectivity index (χ0) is 12.5. The van der Waals surface area contributed by atoms with Gasteiger partial charge < -0.3 is 10.2 Å². The molecule has 0 aliphatic rings. The van der Waals surface area contributed by atoms with E-state index in [2.05, 4.69) is 0 Å². The first-order valence-corrected chi connectivity index (χ1v) is 4.22. The second kappa shape index (κ2) is 4.75. The van der Waals surface area contributed by atoms with E-state index >= 15 is 0 Å². The Morgan fingerprint density at radius 3 is 1.56 bits per heavy atom. The molecule has 90 valence electrons. The lowest BCUT2D eigenvalue weighted by molar-refractivity contribution is 0.124. The zero-order valence-electron chi connectivity index (χ0n) is 7.78. The smallest absolute Gasteiger partial charge is 0.200 e. The lowest BCUT2D eigenvalue weighted by Crippen LogP contribution is -2.12. The number of aliphatic hydroxyl groups excluding tert-OH is 2. The van der Waals surface area contributed by atoms with Crippen LogP contribution in [0.2, 0.25) is 0 Å². The molecule has 7 heteroatoms. The molecule has 0 saturated carbocycles. The minimum Gasteiger partial charge on any atom is -0.396 e. The average molecular weight is 242 g/mol. The molecule has 0 unspecified atom stereocenters. The molecule has 0 aromatic heterocycles. The van der Waals surface area contributed by atoms with Gasteiger partial charge in [-0.25, -0.2) is 22.0 Å².